The molecule has 0 aromatic carbocycles. The van der Waals surface area contributed by atoms with Gasteiger partial charge in [-0.25, -0.2) is 0 Å². The van der Waals surface area contributed by atoms with E-state index in [1.54, 1.807) is 0 Å². The van der Waals surface area contributed by atoms with E-state index in [4.69, 9.17) is 4.74 Å². The zero-order valence-electron chi connectivity index (χ0n) is 10.9. The molecule has 90 valence electrons. The first-order chi connectivity index (χ1) is 7.51. The van der Waals surface area contributed by atoms with E-state index >= 15 is 0 Å². The minimum absolute atomic E-state index is 0.346. The lowest BCUT2D eigenvalue weighted by Gasteiger charge is -2.39. The van der Waals surface area contributed by atoms with Gasteiger partial charge in [-0.3, -0.25) is 0 Å². The van der Waals surface area contributed by atoms with Crippen molar-refractivity contribution in [2.45, 2.75) is 58.5 Å². The summed E-state index contributed by atoms with van der Waals surface area (Å²) in [6.07, 6.45) is 7.23. The van der Waals surface area contributed by atoms with Crippen LogP contribution in [0.1, 0.15) is 52.9 Å². The molecule has 1 saturated heterocycles. The molecule has 0 aromatic rings. The summed E-state index contributed by atoms with van der Waals surface area (Å²) in [5, 5.41) is 0. The fourth-order valence-electron chi connectivity index (χ4n) is 6.16. The first kappa shape index (κ1) is 9.94. The number of hydrogen-bond donors (Lipinski definition) is 0. The Morgan fingerprint density at radius 2 is 1.69 bits per heavy atom. The summed E-state index contributed by atoms with van der Waals surface area (Å²) in [7, 11) is 0. The van der Waals surface area contributed by atoms with Crippen LogP contribution in [-0.4, -0.2) is 12.2 Å². The van der Waals surface area contributed by atoms with Crippen LogP contribution < -0.4 is 0 Å². The zero-order chi connectivity index (χ0) is 11.2. The average Bonchev–Trinajstić information content (AvgIpc) is 2.85. The van der Waals surface area contributed by atoms with Gasteiger partial charge in [-0.05, 0) is 48.9 Å². The van der Waals surface area contributed by atoms with Gasteiger partial charge in [-0.1, -0.05) is 27.2 Å². The number of ether oxygens (including phenoxy) is 1. The average molecular weight is 220 g/mol. The molecule has 1 heteroatoms. The molecule has 1 nitrogen and oxygen atoms in total. The zero-order valence-corrected chi connectivity index (χ0v) is 10.9. The predicted octanol–water partition coefficient (Wildman–Crippen LogP) is 3.63. The van der Waals surface area contributed by atoms with E-state index in [0.717, 1.165) is 24.4 Å². The van der Waals surface area contributed by atoms with Crippen LogP contribution in [0, 0.1) is 28.6 Å². The van der Waals surface area contributed by atoms with Gasteiger partial charge < -0.3 is 4.74 Å². The van der Waals surface area contributed by atoms with E-state index < -0.39 is 0 Å². The molecule has 3 saturated carbocycles. The van der Waals surface area contributed by atoms with Crippen molar-refractivity contribution in [1.82, 2.24) is 0 Å². The maximum atomic E-state index is 6.06. The molecule has 5 atom stereocenters. The van der Waals surface area contributed by atoms with E-state index in [1.807, 2.05) is 0 Å². The van der Waals surface area contributed by atoms with E-state index in [2.05, 4.69) is 20.8 Å². The highest BCUT2D eigenvalue weighted by atomic mass is 16.6. The van der Waals surface area contributed by atoms with Gasteiger partial charge >= 0.3 is 0 Å². The molecule has 16 heavy (non-hydrogen) atoms. The summed E-state index contributed by atoms with van der Waals surface area (Å²) in [5.74, 6) is 2.83. The van der Waals surface area contributed by atoms with Crippen LogP contribution >= 0.6 is 0 Å². The van der Waals surface area contributed by atoms with Crippen molar-refractivity contribution in [2.24, 2.45) is 28.6 Å². The molecule has 1 aliphatic heterocycles. The van der Waals surface area contributed by atoms with Gasteiger partial charge in [0.15, 0.2) is 0 Å². The monoisotopic (exact) mass is 220 g/mol. The molecule has 0 N–H and O–H groups in total. The second kappa shape index (κ2) is 2.53. The highest BCUT2D eigenvalue weighted by Gasteiger charge is 2.77. The third-order valence-corrected chi connectivity index (χ3v) is 6.91. The van der Waals surface area contributed by atoms with Gasteiger partial charge in [0.2, 0.25) is 0 Å². The van der Waals surface area contributed by atoms with Crippen LogP contribution in [0.2, 0.25) is 0 Å². The Hall–Kier alpha value is -0.0400. The Bertz CT molecular complexity index is 341. The van der Waals surface area contributed by atoms with Gasteiger partial charge in [-0.2, -0.15) is 0 Å². The van der Waals surface area contributed by atoms with Crippen LogP contribution in [0.15, 0.2) is 0 Å². The van der Waals surface area contributed by atoms with E-state index in [1.165, 1.54) is 32.1 Å². The van der Waals surface area contributed by atoms with Gasteiger partial charge in [0.1, 0.15) is 5.60 Å². The summed E-state index contributed by atoms with van der Waals surface area (Å²) in [6.45, 7) is 8.68. The van der Waals surface area contributed by atoms with Crippen molar-refractivity contribution in [3.63, 3.8) is 0 Å². The Morgan fingerprint density at radius 3 is 2.38 bits per heavy atom. The first-order valence-corrected chi connectivity index (χ1v) is 7.15. The highest BCUT2D eigenvalue weighted by molar-refractivity contribution is 5.25. The standard InChI is InChI=1S/C15H24O/c1-13(2)7-4-8-14(3)10-5-6-11(12(10)13)15(14)9-16-15/h10-12H,4-9H2,1-3H3/t10-,11+,12-,14+,15+/m1/s1. The quantitative estimate of drug-likeness (QED) is 0.568. The number of rotatable bonds is 0. The van der Waals surface area contributed by atoms with Crippen molar-refractivity contribution in [2.75, 3.05) is 6.61 Å². The van der Waals surface area contributed by atoms with Crippen molar-refractivity contribution in [1.29, 1.82) is 0 Å². The van der Waals surface area contributed by atoms with Crippen molar-refractivity contribution in [3.05, 3.63) is 0 Å². The third-order valence-electron chi connectivity index (χ3n) is 6.91. The van der Waals surface area contributed by atoms with Gasteiger partial charge in [-0.15, -0.1) is 0 Å². The fraction of sp³-hybridized carbons (Fsp3) is 1.00. The third kappa shape index (κ3) is 0.836. The molecule has 4 bridgehead atoms. The normalized spacial score (nSPS) is 61.3. The highest BCUT2D eigenvalue weighted by Crippen LogP contribution is 2.76. The second-order valence-electron chi connectivity index (χ2n) is 7.75. The molecule has 3 aliphatic carbocycles. The molecule has 0 aromatic heterocycles. The topological polar surface area (TPSA) is 12.5 Å². The largest absolute Gasteiger partial charge is 0.369 e. The van der Waals surface area contributed by atoms with Crippen molar-refractivity contribution >= 4 is 0 Å². The van der Waals surface area contributed by atoms with Crippen LogP contribution in [0.3, 0.4) is 0 Å². The van der Waals surface area contributed by atoms with Crippen LogP contribution in [0.5, 0.6) is 0 Å². The molecule has 1 heterocycles. The second-order valence-corrected chi connectivity index (χ2v) is 7.75. The van der Waals surface area contributed by atoms with E-state index in [0.29, 0.717) is 16.4 Å². The summed E-state index contributed by atoms with van der Waals surface area (Å²) in [6, 6.07) is 0. The molecule has 4 rings (SSSR count). The lowest BCUT2D eigenvalue weighted by Crippen LogP contribution is -2.41. The van der Waals surface area contributed by atoms with E-state index in [9.17, 15) is 0 Å². The Morgan fingerprint density at radius 1 is 1.00 bits per heavy atom. The molecule has 4 aliphatic rings. The minimum Gasteiger partial charge on any atom is -0.369 e. The minimum atomic E-state index is 0.346. The van der Waals surface area contributed by atoms with Crippen LogP contribution in [0.4, 0.5) is 0 Å². The number of hydrogen-bond acceptors (Lipinski definition) is 1. The van der Waals surface area contributed by atoms with Crippen molar-refractivity contribution < 1.29 is 4.74 Å². The van der Waals surface area contributed by atoms with Gasteiger partial charge in [0.05, 0.1) is 6.61 Å². The first-order valence-electron chi connectivity index (χ1n) is 7.15. The summed E-state index contributed by atoms with van der Waals surface area (Å²) < 4.78 is 6.06. The predicted molar refractivity (Wildman–Crippen MR) is 64.1 cm³/mol. The lowest BCUT2D eigenvalue weighted by atomic mass is 9.64. The summed E-state index contributed by atoms with van der Waals surface area (Å²) in [4.78, 5) is 0. The Kier molecular flexibility index (Phi) is 1.57. The van der Waals surface area contributed by atoms with Crippen LogP contribution in [0.25, 0.3) is 0 Å². The molecule has 0 radical (unpaired) electrons. The van der Waals surface area contributed by atoms with Crippen LogP contribution in [-0.2, 0) is 4.74 Å². The van der Waals surface area contributed by atoms with Gasteiger partial charge in [0.25, 0.3) is 0 Å². The fourth-order valence-corrected chi connectivity index (χ4v) is 6.16. The Labute approximate surface area is 98.9 Å². The van der Waals surface area contributed by atoms with Gasteiger partial charge in [0, 0.05) is 5.41 Å². The molecule has 0 unspecified atom stereocenters. The molecule has 4 fully saturated rings. The maximum Gasteiger partial charge on any atom is 0.100 e. The molecular weight excluding hydrogens is 196 g/mol. The summed E-state index contributed by atoms with van der Waals surface area (Å²) in [5.41, 5.74) is 1.45. The van der Waals surface area contributed by atoms with E-state index in [-0.39, 0.29) is 0 Å². The SMILES string of the molecule is CC1(C)CCC[C@@]2(C)[C@@H]3CC[C@@H]([C@@H]31)[C@@]21CO1. The summed E-state index contributed by atoms with van der Waals surface area (Å²) >= 11 is 0. The number of fused-ring (bicyclic) bond motifs is 2. The molecular formula is C15H24O. The smallest absolute Gasteiger partial charge is 0.100 e. The number of epoxide rings is 1. The lowest BCUT2D eigenvalue weighted by molar-refractivity contribution is 0.0444. The molecule has 1 spiro atoms. The Balaban J connectivity index is 1.87. The maximum absolute atomic E-state index is 6.06. The molecule has 0 amide bonds. The van der Waals surface area contributed by atoms with Crippen molar-refractivity contribution in [3.8, 4) is 0 Å².